The van der Waals surface area contributed by atoms with E-state index in [2.05, 4.69) is 10.0 Å². The van der Waals surface area contributed by atoms with Crippen molar-refractivity contribution in [2.75, 3.05) is 0 Å². The van der Waals surface area contributed by atoms with Crippen LogP contribution in [0.4, 0.5) is 5.69 Å². The Kier molecular flexibility index (Phi) is 3.92. The first kappa shape index (κ1) is 15.4. The molecule has 1 aromatic rings. The number of nitrogens with one attached hydrogen (secondary N) is 2. The summed E-state index contributed by atoms with van der Waals surface area (Å²) in [5.41, 5.74) is 0.287. The van der Waals surface area contributed by atoms with E-state index in [0.29, 0.717) is 17.6 Å². The van der Waals surface area contributed by atoms with Gasteiger partial charge in [0.05, 0.1) is 9.82 Å². The summed E-state index contributed by atoms with van der Waals surface area (Å²) in [6.07, 6.45) is 3.78. The van der Waals surface area contributed by atoms with E-state index in [9.17, 15) is 18.5 Å². The molecule has 0 spiro atoms. The number of nitro benzene ring substituents is 1. The van der Waals surface area contributed by atoms with Crippen LogP contribution >= 0.6 is 0 Å². The van der Waals surface area contributed by atoms with E-state index < -0.39 is 14.9 Å². The first-order valence-corrected chi connectivity index (χ1v) is 8.87. The lowest BCUT2D eigenvalue weighted by Gasteiger charge is -2.29. The summed E-state index contributed by atoms with van der Waals surface area (Å²) in [6.45, 7) is 1.58. The van der Waals surface area contributed by atoms with Crippen LogP contribution in [-0.4, -0.2) is 31.5 Å². The monoisotopic (exact) mass is 325 g/mol. The van der Waals surface area contributed by atoms with Crippen LogP contribution in [0, 0.1) is 17.0 Å². The maximum atomic E-state index is 12.5. The summed E-state index contributed by atoms with van der Waals surface area (Å²) in [5, 5.41) is 14.2. The molecule has 0 amide bonds. The zero-order valence-electron chi connectivity index (χ0n) is 12.3. The van der Waals surface area contributed by atoms with Crippen molar-refractivity contribution in [3.8, 4) is 0 Å². The molecule has 120 valence electrons. The molecular weight excluding hydrogens is 306 g/mol. The lowest BCUT2D eigenvalue weighted by Crippen LogP contribution is -2.48. The van der Waals surface area contributed by atoms with Gasteiger partial charge in [0.1, 0.15) is 0 Å². The van der Waals surface area contributed by atoms with Crippen molar-refractivity contribution in [1.82, 2.24) is 10.0 Å². The Hall–Kier alpha value is -1.51. The van der Waals surface area contributed by atoms with Gasteiger partial charge >= 0.3 is 0 Å². The van der Waals surface area contributed by atoms with Crippen LogP contribution in [0.2, 0.25) is 0 Å². The number of hydrogen-bond donors (Lipinski definition) is 2. The zero-order chi connectivity index (χ0) is 15.9. The van der Waals surface area contributed by atoms with Gasteiger partial charge in [-0.2, -0.15) is 0 Å². The fraction of sp³-hybridized carbons (Fsp3) is 0.571. The third kappa shape index (κ3) is 2.99. The number of nitro groups is 1. The molecule has 2 aliphatic rings. The van der Waals surface area contributed by atoms with Gasteiger partial charge in [0.25, 0.3) is 5.69 Å². The molecule has 8 heteroatoms. The highest BCUT2D eigenvalue weighted by Gasteiger charge is 2.35. The highest BCUT2D eigenvalue weighted by molar-refractivity contribution is 7.89. The molecule has 2 heterocycles. The van der Waals surface area contributed by atoms with Gasteiger partial charge in [0.15, 0.2) is 0 Å². The molecule has 2 atom stereocenters. The lowest BCUT2D eigenvalue weighted by molar-refractivity contribution is -0.385. The SMILES string of the molecule is Cc1cc([N+](=O)[O-])ccc1S(=O)(=O)NC1CC2CCC(C1)N2. The van der Waals surface area contributed by atoms with Gasteiger partial charge < -0.3 is 5.32 Å². The Labute approximate surface area is 129 Å². The molecule has 2 N–H and O–H groups in total. The van der Waals surface area contributed by atoms with Crippen LogP contribution < -0.4 is 10.0 Å². The third-order valence-electron chi connectivity index (χ3n) is 4.45. The fourth-order valence-corrected chi connectivity index (χ4v) is 4.97. The fourth-order valence-electron chi connectivity index (χ4n) is 3.49. The minimum Gasteiger partial charge on any atom is -0.311 e. The second kappa shape index (κ2) is 5.60. The van der Waals surface area contributed by atoms with Crippen molar-refractivity contribution >= 4 is 15.7 Å². The number of benzene rings is 1. The molecular formula is C14H19N3O4S. The average Bonchev–Trinajstić information content (AvgIpc) is 2.77. The van der Waals surface area contributed by atoms with Crippen LogP contribution in [0.5, 0.6) is 0 Å². The largest absolute Gasteiger partial charge is 0.311 e. The van der Waals surface area contributed by atoms with Gasteiger partial charge in [-0.15, -0.1) is 0 Å². The maximum absolute atomic E-state index is 12.5. The summed E-state index contributed by atoms with van der Waals surface area (Å²) in [4.78, 5) is 10.3. The van der Waals surface area contributed by atoms with Crippen molar-refractivity contribution in [1.29, 1.82) is 0 Å². The molecule has 7 nitrogen and oxygen atoms in total. The van der Waals surface area contributed by atoms with E-state index in [-0.39, 0.29) is 16.6 Å². The minimum absolute atomic E-state index is 0.0710. The highest BCUT2D eigenvalue weighted by Crippen LogP contribution is 2.28. The molecule has 22 heavy (non-hydrogen) atoms. The number of aryl methyl sites for hydroxylation is 1. The second-order valence-corrected chi connectivity index (χ2v) is 7.82. The number of rotatable bonds is 4. The molecule has 2 bridgehead atoms. The van der Waals surface area contributed by atoms with Crippen LogP contribution in [-0.2, 0) is 10.0 Å². The Bertz CT molecular complexity index is 692. The first-order valence-electron chi connectivity index (χ1n) is 7.38. The van der Waals surface area contributed by atoms with Crippen LogP contribution in [0.25, 0.3) is 0 Å². The normalized spacial score (nSPS) is 27.8. The lowest BCUT2D eigenvalue weighted by atomic mass is 10.0. The van der Waals surface area contributed by atoms with Gasteiger partial charge in [0.2, 0.25) is 10.0 Å². The van der Waals surface area contributed by atoms with Gasteiger partial charge in [0, 0.05) is 30.3 Å². The average molecular weight is 325 g/mol. The number of sulfonamides is 1. The smallest absolute Gasteiger partial charge is 0.269 e. The van der Waals surface area contributed by atoms with Crippen LogP contribution in [0.3, 0.4) is 0 Å². The van der Waals surface area contributed by atoms with Gasteiger partial charge in [-0.3, -0.25) is 10.1 Å². The second-order valence-electron chi connectivity index (χ2n) is 6.13. The van der Waals surface area contributed by atoms with Crippen LogP contribution in [0.1, 0.15) is 31.2 Å². The topological polar surface area (TPSA) is 101 Å². The summed E-state index contributed by atoms with van der Waals surface area (Å²) in [6, 6.07) is 4.55. The van der Waals surface area contributed by atoms with Crippen molar-refractivity contribution in [2.24, 2.45) is 0 Å². The Morgan fingerprint density at radius 1 is 1.27 bits per heavy atom. The van der Waals surface area contributed by atoms with Crippen molar-refractivity contribution in [3.05, 3.63) is 33.9 Å². The summed E-state index contributed by atoms with van der Waals surface area (Å²) in [5.74, 6) is 0. The number of fused-ring (bicyclic) bond motifs is 2. The highest BCUT2D eigenvalue weighted by atomic mass is 32.2. The molecule has 0 saturated carbocycles. The quantitative estimate of drug-likeness (QED) is 0.645. The predicted octanol–water partition coefficient (Wildman–Crippen LogP) is 1.46. The first-order chi connectivity index (χ1) is 10.3. The Balaban J connectivity index is 1.79. The van der Waals surface area contributed by atoms with Crippen molar-refractivity contribution in [2.45, 2.75) is 55.6 Å². The number of nitrogens with zero attached hydrogens (tertiary/aromatic N) is 1. The molecule has 2 saturated heterocycles. The predicted molar refractivity (Wildman–Crippen MR) is 81.1 cm³/mol. The molecule has 2 fully saturated rings. The van der Waals surface area contributed by atoms with E-state index in [1.807, 2.05) is 0 Å². The minimum atomic E-state index is -3.65. The van der Waals surface area contributed by atoms with E-state index in [1.165, 1.54) is 18.2 Å². The van der Waals surface area contributed by atoms with Crippen molar-refractivity contribution in [3.63, 3.8) is 0 Å². The summed E-state index contributed by atoms with van der Waals surface area (Å²) >= 11 is 0. The molecule has 1 aromatic carbocycles. The van der Waals surface area contributed by atoms with Gasteiger partial charge in [-0.25, -0.2) is 13.1 Å². The summed E-state index contributed by atoms with van der Waals surface area (Å²) in [7, 11) is -3.65. The molecule has 0 aromatic heterocycles. The van der Waals surface area contributed by atoms with E-state index >= 15 is 0 Å². The maximum Gasteiger partial charge on any atom is 0.269 e. The zero-order valence-corrected chi connectivity index (χ0v) is 13.1. The van der Waals surface area contributed by atoms with Gasteiger partial charge in [-0.1, -0.05) is 0 Å². The van der Waals surface area contributed by atoms with E-state index in [4.69, 9.17) is 0 Å². The summed E-state index contributed by atoms with van der Waals surface area (Å²) < 4.78 is 27.8. The van der Waals surface area contributed by atoms with E-state index in [0.717, 1.165) is 25.7 Å². The number of non-ortho nitro benzene ring substituents is 1. The van der Waals surface area contributed by atoms with Crippen molar-refractivity contribution < 1.29 is 13.3 Å². The third-order valence-corrected chi connectivity index (χ3v) is 6.13. The number of piperidine rings is 1. The Morgan fingerprint density at radius 3 is 2.45 bits per heavy atom. The number of hydrogen-bond acceptors (Lipinski definition) is 5. The van der Waals surface area contributed by atoms with Gasteiger partial charge in [-0.05, 0) is 44.2 Å². The molecule has 2 aliphatic heterocycles. The van der Waals surface area contributed by atoms with E-state index in [1.54, 1.807) is 6.92 Å². The molecule has 3 rings (SSSR count). The standard InChI is InChI=1S/C14H19N3O4S/c1-9-6-13(17(18)19)4-5-14(9)22(20,21)16-12-7-10-2-3-11(8-12)15-10/h4-6,10-12,15-16H,2-3,7-8H2,1H3. The molecule has 2 unspecified atom stereocenters. The Morgan fingerprint density at radius 2 is 1.91 bits per heavy atom. The molecule has 0 aliphatic carbocycles. The molecule has 0 radical (unpaired) electrons. The van der Waals surface area contributed by atoms with Crippen LogP contribution in [0.15, 0.2) is 23.1 Å².